The molecule has 1 atom stereocenters. The molecule has 0 spiro atoms. The second-order valence-corrected chi connectivity index (χ2v) is 5.72. The number of β-amino-alcohol motifs (C(OH)–C–C–N with tert-alkyl or cyclic N) is 1. The monoisotopic (exact) mass is 271 g/mol. The van der Waals surface area contributed by atoms with E-state index >= 15 is 0 Å². The van der Waals surface area contributed by atoms with Crippen LogP contribution in [0.1, 0.15) is 28.8 Å². The number of aliphatic hydroxyl groups is 1. The SMILES string of the molecule is Cc1ccc([C@H](O)CN2CC(n3cccn3)C2)cc1C. The van der Waals surface area contributed by atoms with Crippen LogP contribution in [0, 0.1) is 13.8 Å². The first kappa shape index (κ1) is 13.3. The van der Waals surface area contributed by atoms with Crippen LogP contribution in [-0.4, -0.2) is 39.4 Å². The minimum Gasteiger partial charge on any atom is -0.387 e. The Hall–Kier alpha value is -1.65. The molecule has 2 aromatic rings. The summed E-state index contributed by atoms with van der Waals surface area (Å²) in [4.78, 5) is 2.27. The van der Waals surface area contributed by atoms with Crippen molar-refractivity contribution in [2.75, 3.05) is 19.6 Å². The predicted octanol–water partition coefficient (Wildman–Crippen LogP) is 2.09. The minimum absolute atomic E-state index is 0.409. The van der Waals surface area contributed by atoms with E-state index in [0.717, 1.165) is 18.7 Å². The molecule has 4 heteroatoms. The van der Waals surface area contributed by atoms with Crippen molar-refractivity contribution in [2.24, 2.45) is 0 Å². The van der Waals surface area contributed by atoms with Gasteiger partial charge in [-0.2, -0.15) is 5.10 Å². The lowest BCUT2D eigenvalue weighted by atomic mass is 10.0. The van der Waals surface area contributed by atoms with E-state index in [1.165, 1.54) is 11.1 Å². The predicted molar refractivity (Wildman–Crippen MR) is 78.6 cm³/mol. The van der Waals surface area contributed by atoms with Gasteiger partial charge in [0, 0.05) is 32.0 Å². The minimum atomic E-state index is -0.409. The number of aryl methyl sites for hydroxylation is 2. The molecule has 0 amide bonds. The van der Waals surface area contributed by atoms with Gasteiger partial charge in [0.05, 0.1) is 12.1 Å². The number of nitrogens with zero attached hydrogens (tertiary/aromatic N) is 3. The van der Waals surface area contributed by atoms with Gasteiger partial charge in [-0.15, -0.1) is 0 Å². The van der Waals surface area contributed by atoms with E-state index in [1.807, 2.05) is 29.2 Å². The Morgan fingerprint density at radius 3 is 2.75 bits per heavy atom. The zero-order chi connectivity index (χ0) is 14.1. The van der Waals surface area contributed by atoms with Gasteiger partial charge in [0.1, 0.15) is 0 Å². The van der Waals surface area contributed by atoms with Crippen molar-refractivity contribution in [3.05, 3.63) is 53.3 Å². The van der Waals surface area contributed by atoms with Gasteiger partial charge < -0.3 is 5.11 Å². The van der Waals surface area contributed by atoms with Crippen LogP contribution in [0.3, 0.4) is 0 Å². The largest absolute Gasteiger partial charge is 0.387 e. The topological polar surface area (TPSA) is 41.3 Å². The zero-order valence-electron chi connectivity index (χ0n) is 12.0. The Morgan fingerprint density at radius 1 is 1.30 bits per heavy atom. The average molecular weight is 271 g/mol. The van der Waals surface area contributed by atoms with Crippen LogP contribution in [0.25, 0.3) is 0 Å². The lowest BCUT2D eigenvalue weighted by Crippen LogP contribution is -2.49. The summed E-state index contributed by atoms with van der Waals surface area (Å²) in [5.41, 5.74) is 3.51. The molecule has 20 heavy (non-hydrogen) atoms. The fourth-order valence-corrected chi connectivity index (χ4v) is 2.68. The Bertz CT molecular complexity index is 573. The third-order valence-corrected chi connectivity index (χ3v) is 4.18. The molecule has 1 aromatic heterocycles. The van der Waals surface area contributed by atoms with Gasteiger partial charge in [-0.3, -0.25) is 9.58 Å². The molecule has 0 unspecified atom stereocenters. The Kier molecular flexibility index (Phi) is 3.59. The van der Waals surface area contributed by atoms with Crippen LogP contribution in [0.4, 0.5) is 0 Å². The van der Waals surface area contributed by atoms with E-state index in [0.29, 0.717) is 12.6 Å². The second kappa shape index (κ2) is 5.38. The molecule has 1 aliphatic rings. The smallest absolute Gasteiger partial charge is 0.0917 e. The molecule has 1 N–H and O–H groups in total. The first-order chi connectivity index (χ1) is 9.63. The maximum atomic E-state index is 10.3. The van der Waals surface area contributed by atoms with Crippen molar-refractivity contribution in [2.45, 2.75) is 26.0 Å². The molecule has 0 radical (unpaired) electrons. The van der Waals surface area contributed by atoms with E-state index in [2.05, 4.69) is 36.0 Å². The molecule has 1 aliphatic heterocycles. The molecule has 1 fully saturated rings. The quantitative estimate of drug-likeness (QED) is 0.926. The Balaban J connectivity index is 1.55. The highest BCUT2D eigenvalue weighted by Gasteiger charge is 2.29. The summed E-state index contributed by atoms with van der Waals surface area (Å²) in [5.74, 6) is 0. The van der Waals surface area contributed by atoms with Gasteiger partial charge >= 0.3 is 0 Å². The van der Waals surface area contributed by atoms with Crippen molar-refractivity contribution >= 4 is 0 Å². The molecule has 1 saturated heterocycles. The summed E-state index contributed by atoms with van der Waals surface area (Å²) >= 11 is 0. The van der Waals surface area contributed by atoms with Crippen molar-refractivity contribution < 1.29 is 5.11 Å². The van der Waals surface area contributed by atoms with Crippen molar-refractivity contribution in [1.82, 2.24) is 14.7 Å². The molecule has 1 aromatic carbocycles. The lowest BCUT2D eigenvalue weighted by Gasteiger charge is -2.40. The van der Waals surface area contributed by atoms with E-state index < -0.39 is 6.10 Å². The number of benzene rings is 1. The molecular weight excluding hydrogens is 250 g/mol. The van der Waals surface area contributed by atoms with Crippen LogP contribution in [0.5, 0.6) is 0 Å². The summed E-state index contributed by atoms with van der Waals surface area (Å²) in [6.45, 7) is 6.80. The van der Waals surface area contributed by atoms with E-state index in [9.17, 15) is 5.11 Å². The molecule has 106 valence electrons. The summed E-state index contributed by atoms with van der Waals surface area (Å²) in [6, 6.07) is 8.60. The molecule has 4 nitrogen and oxygen atoms in total. The maximum Gasteiger partial charge on any atom is 0.0917 e. The molecular formula is C16H21N3O. The number of rotatable bonds is 4. The van der Waals surface area contributed by atoms with Crippen molar-refractivity contribution in [3.8, 4) is 0 Å². The number of hydrogen-bond acceptors (Lipinski definition) is 3. The molecule has 2 heterocycles. The van der Waals surface area contributed by atoms with Crippen molar-refractivity contribution in [1.29, 1.82) is 0 Å². The van der Waals surface area contributed by atoms with E-state index in [1.54, 1.807) is 0 Å². The van der Waals surface area contributed by atoms with Gasteiger partial charge in [0.2, 0.25) is 0 Å². The van der Waals surface area contributed by atoms with Gasteiger partial charge in [0.15, 0.2) is 0 Å². The third kappa shape index (κ3) is 2.62. The van der Waals surface area contributed by atoms with Crippen LogP contribution < -0.4 is 0 Å². The van der Waals surface area contributed by atoms with Gasteiger partial charge in [0.25, 0.3) is 0 Å². The second-order valence-electron chi connectivity index (χ2n) is 5.72. The van der Waals surface area contributed by atoms with Crippen LogP contribution >= 0.6 is 0 Å². The highest BCUT2D eigenvalue weighted by atomic mass is 16.3. The van der Waals surface area contributed by atoms with Crippen LogP contribution in [0.2, 0.25) is 0 Å². The zero-order valence-corrected chi connectivity index (χ0v) is 12.0. The average Bonchev–Trinajstić information content (AvgIpc) is 2.89. The summed E-state index contributed by atoms with van der Waals surface area (Å²) in [6.07, 6.45) is 3.40. The lowest BCUT2D eigenvalue weighted by molar-refractivity contribution is 0.0401. The third-order valence-electron chi connectivity index (χ3n) is 4.18. The fraction of sp³-hybridized carbons (Fsp3) is 0.438. The number of aromatic nitrogens is 2. The standard InChI is InChI=1S/C16H21N3O/c1-12-4-5-14(8-13(12)2)16(20)11-18-9-15(10-18)19-7-3-6-17-19/h3-8,15-16,20H,9-11H2,1-2H3/t16-/m1/s1. The summed E-state index contributed by atoms with van der Waals surface area (Å²) in [5, 5.41) is 14.6. The fourth-order valence-electron chi connectivity index (χ4n) is 2.68. The molecule has 0 bridgehead atoms. The van der Waals surface area contributed by atoms with Crippen LogP contribution in [0.15, 0.2) is 36.7 Å². The maximum absolute atomic E-state index is 10.3. The van der Waals surface area contributed by atoms with Crippen LogP contribution in [-0.2, 0) is 0 Å². The first-order valence-electron chi connectivity index (χ1n) is 7.10. The van der Waals surface area contributed by atoms with Gasteiger partial charge in [-0.05, 0) is 36.6 Å². The number of aliphatic hydroxyl groups excluding tert-OH is 1. The Morgan fingerprint density at radius 2 is 2.10 bits per heavy atom. The molecule has 3 rings (SSSR count). The highest BCUT2D eigenvalue weighted by molar-refractivity contribution is 5.31. The van der Waals surface area contributed by atoms with Gasteiger partial charge in [-0.25, -0.2) is 0 Å². The first-order valence-corrected chi connectivity index (χ1v) is 7.10. The van der Waals surface area contributed by atoms with E-state index in [-0.39, 0.29) is 0 Å². The normalized spacial score (nSPS) is 17.9. The summed E-state index contributed by atoms with van der Waals surface area (Å²) in [7, 11) is 0. The number of likely N-dealkylation sites (tertiary alicyclic amines) is 1. The van der Waals surface area contributed by atoms with Gasteiger partial charge in [-0.1, -0.05) is 18.2 Å². The highest BCUT2D eigenvalue weighted by Crippen LogP contribution is 2.24. The molecule has 0 saturated carbocycles. The summed E-state index contributed by atoms with van der Waals surface area (Å²) < 4.78 is 2.00. The Labute approximate surface area is 119 Å². The van der Waals surface area contributed by atoms with E-state index in [4.69, 9.17) is 0 Å². The van der Waals surface area contributed by atoms with Crippen molar-refractivity contribution in [3.63, 3.8) is 0 Å². The number of hydrogen-bond donors (Lipinski definition) is 1. The molecule has 0 aliphatic carbocycles.